The minimum Gasteiger partial charge on any atom is -0.388 e. The molecule has 2 aliphatic rings. The lowest BCUT2D eigenvalue weighted by atomic mass is 9.85. The van der Waals surface area contributed by atoms with E-state index in [2.05, 4.69) is 55.5 Å². The number of benzene rings is 2. The Balaban J connectivity index is 1.31. The number of nitrogens with zero attached hydrogens (tertiary/aromatic N) is 2. The molecule has 2 heterocycles. The number of likely N-dealkylation sites (tertiary alicyclic amines) is 1. The molecule has 2 aliphatic heterocycles. The second-order valence-corrected chi connectivity index (χ2v) is 9.10. The third kappa shape index (κ3) is 4.29. The molecule has 0 atom stereocenters. The zero-order chi connectivity index (χ0) is 20.5. The molecule has 2 aromatic carbocycles. The van der Waals surface area contributed by atoms with Gasteiger partial charge in [-0.3, -0.25) is 0 Å². The van der Waals surface area contributed by atoms with Crippen molar-refractivity contribution in [3.8, 4) is 0 Å². The maximum atomic E-state index is 12.7. The molecule has 152 valence electrons. The van der Waals surface area contributed by atoms with Gasteiger partial charge in [0.2, 0.25) is 0 Å². The third-order valence-corrected chi connectivity index (χ3v) is 5.91. The molecule has 1 fully saturated rings. The third-order valence-electron chi connectivity index (χ3n) is 5.91. The Bertz CT molecular complexity index is 890. The summed E-state index contributed by atoms with van der Waals surface area (Å²) in [5.41, 5.74) is 4.03. The predicted octanol–water partition coefficient (Wildman–Crippen LogP) is 5.18. The minimum atomic E-state index is -0.268. The summed E-state index contributed by atoms with van der Waals surface area (Å²) >= 11 is 0. The highest BCUT2D eigenvalue weighted by Gasteiger charge is 2.43. The van der Waals surface area contributed by atoms with Gasteiger partial charge in [-0.1, -0.05) is 68.4 Å². The number of piperidine rings is 1. The zero-order valence-electron chi connectivity index (χ0n) is 17.4. The Hall–Kier alpha value is -2.82. The number of hydrogen-bond acceptors (Lipinski definition) is 3. The van der Waals surface area contributed by atoms with Crippen molar-refractivity contribution in [2.24, 2.45) is 5.16 Å². The molecule has 1 spiro atoms. The Kier molecular flexibility index (Phi) is 5.07. The molecule has 2 aromatic rings. The summed E-state index contributed by atoms with van der Waals surface area (Å²) in [4.78, 5) is 20.4. The predicted molar refractivity (Wildman–Crippen MR) is 116 cm³/mol. The first-order chi connectivity index (χ1) is 13.8. The van der Waals surface area contributed by atoms with E-state index < -0.39 is 0 Å². The molecule has 0 radical (unpaired) electrons. The topological polar surface area (TPSA) is 53.9 Å². The number of nitrogens with one attached hydrogen (secondary N) is 1. The molecule has 4 rings (SSSR count). The van der Waals surface area contributed by atoms with Crippen molar-refractivity contribution in [2.45, 2.75) is 51.0 Å². The van der Waals surface area contributed by atoms with E-state index in [1.165, 1.54) is 5.56 Å². The number of anilines is 1. The van der Waals surface area contributed by atoms with Crippen LogP contribution in [0.5, 0.6) is 0 Å². The Labute approximate surface area is 172 Å². The normalized spacial score (nSPS) is 18.3. The van der Waals surface area contributed by atoms with Crippen molar-refractivity contribution < 1.29 is 9.63 Å². The summed E-state index contributed by atoms with van der Waals surface area (Å²) in [6.45, 7) is 7.89. The largest absolute Gasteiger partial charge is 0.388 e. The molecule has 5 nitrogen and oxygen atoms in total. The SMILES string of the molecule is CC(C)(C)c1ccc(NC(=O)N2CCC3(CC2)CC(c2ccccc2)=NO3)cc1. The van der Waals surface area contributed by atoms with Crippen LogP contribution in [-0.2, 0) is 10.3 Å². The Morgan fingerprint density at radius 2 is 1.69 bits per heavy atom. The second-order valence-electron chi connectivity index (χ2n) is 9.10. The monoisotopic (exact) mass is 391 g/mol. The first-order valence-electron chi connectivity index (χ1n) is 10.3. The average molecular weight is 392 g/mol. The molecule has 29 heavy (non-hydrogen) atoms. The molecule has 0 saturated carbocycles. The van der Waals surface area contributed by atoms with Gasteiger partial charge in [0, 0.05) is 38.0 Å². The molecule has 0 unspecified atom stereocenters. The summed E-state index contributed by atoms with van der Waals surface area (Å²) in [7, 11) is 0. The van der Waals surface area contributed by atoms with Crippen molar-refractivity contribution in [2.75, 3.05) is 18.4 Å². The highest BCUT2D eigenvalue weighted by molar-refractivity contribution is 6.01. The van der Waals surface area contributed by atoms with E-state index in [-0.39, 0.29) is 17.0 Å². The van der Waals surface area contributed by atoms with Gasteiger partial charge in [-0.25, -0.2) is 4.79 Å². The molecule has 2 amide bonds. The zero-order valence-corrected chi connectivity index (χ0v) is 17.4. The summed E-state index contributed by atoms with van der Waals surface area (Å²) in [6, 6.07) is 18.2. The maximum Gasteiger partial charge on any atom is 0.321 e. The van der Waals surface area contributed by atoms with Crippen LogP contribution in [0.2, 0.25) is 0 Å². The summed E-state index contributed by atoms with van der Waals surface area (Å²) in [5, 5.41) is 7.37. The number of rotatable bonds is 2. The van der Waals surface area contributed by atoms with E-state index in [0.29, 0.717) is 13.1 Å². The average Bonchev–Trinajstić information content (AvgIpc) is 3.12. The highest BCUT2D eigenvalue weighted by atomic mass is 16.7. The smallest absolute Gasteiger partial charge is 0.321 e. The van der Waals surface area contributed by atoms with Crippen molar-refractivity contribution in [1.29, 1.82) is 0 Å². The Morgan fingerprint density at radius 1 is 1.03 bits per heavy atom. The van der Waals surface area contributed by atoms with Crippen molar-refractivity contribution in [1.82, 2.24) is 4.90 Å². The number of amides is 2. The maximum absolute atomic E-state index is 12.7. The molecular weight excluding hydrogens is 362 g/mol. The van der Waals surface area contributed by atoms with Crippen LogP contribution in [0.4, 0.5) is 10.5 Å². The van der Waals surface area contributed by atoms with Crippen molar-refractivity contribution >= 4 is 17.4 Å². The van der Waals surface area contributed by atoms with Gasteiger partial charge >= 0.3 is 6.03 Å². The van der Waals surface area contributed by atoms with Gasteiger partial charge in [0.25, 0.3) is 0 Å². The molecule has 0 bridgehead atoms. The van der Waals surface area contributed by atoms with Crippen LogP contribution in [0.1, 0.15) is 51.2 Å². The van der Waals surface area contributed by atoms with Crippen LogP contribution in [0, 0.1) is 0 Å². The van der Waals surface area contributed by atoms with Crippen LogP contribution >= 0.6 is 0 Å². The lowest BCUT2D eigenvalue weighted by Gasteiger charge is -2.37. The van der Waals surface area contributed by atoms with E-state index in [0.717, 1.165) is 36.2 Å². The van der Waals surface area contributed by atoms with Crippen molar-refractivity contribution in [3.63, 3.8) is 0 Å². The quantitative estimate of drug-likeness (QED) is 0.767. The number of oxime groups is 1. The second kappa shape index (κ2) is 7.54. The first-order valence-corrected chi connectivity index (χ1v) is 10.3. The fraction of sp³-hybridized carbons (Fsp3) is 0.417. The van der Waals surface area contributed by atoms with E-state index >= 15 is 0 Å². The van der Waals surface area contributed by atoms with Crippen LogP contribution < -0.4 is 5.32 Å². The van der Waals surface area contributed by atoms with Gasteiger partial charge in [-0.2, -0.15) is 0 Å². The van der Waals surface area contributed by atoms with Crippen molar-refractivity contribution in [3.05, 3.63) is 65.7 Å². The Morgan fingerprint density at radius 3 is 2.31 bits per heavy atom. The minimum absolute atomic E-state index is 0.0504. The van der Waals surface area contributed by atoms with E-state index in [1.54, 1.807) is 0 Å². The number of urea groups is 1. The van der Waals surface area contributed by atoms with Gasteiger partial charge in [-0.05, 0) is 28.7 Å². The van der Waals surface area contributed by atoms with E-state index in [1.807, 2.05) is 35.2 Å². The van der Waals surface area contributed by atoms with Gasteiger partial charge in [0.1, 0.15) is 5.60 Å². The molecule has 5 heteroatoms. The molecule has 0 aliphatic carbocycles. The van der Waals surface area contributed by atoms with Gasteiger partial charge in [0.05, 0.1) is 5.71 Å². The van der Waals surface area contributed by atoms with Crippen LogP contribution in [0.3, 0.4) is 0 Å². The fourth-order valence-corrected chi connectivity index (χ4v) is 3.95. The van der Waals surface area contributed by atoms with Gasteiger partial charge < -0.3 is 15.1 Å². The molecule has 0 aromatic heterocycles. The first kappa shape index (κ1) is 19.5. The highest BCUT2D eigenvalue weighted by Crippen LogP contribution is 2.36. The number of carbonyl (C=O) groups excluding carboxylic acids is 1. The van der Waals surface area contributed by atoms with Gasteiger partial charge in [0.15, 0.2) is 0 Å². The lowest BCUT2D eigenvalue weighted by Crippen LogP contribution is -2.48. The fourth-order valence-electron chi connectivity index (χ4n) is 3.95. The molecule has 1 N–H and O–H groups in total. The summed E-state index contributed by atoms with van der Waals surface area (Å²) in [6.07, 6.45) is 2.40. The standard InChI is InChI=1S/C24H29N3O2/c1-23(2,3)19-9-11-20(12-10-19)25-22(28)27-15-13-24(14-16-27)17-21(26-29-24)18-7-5-4-6-8-18/h4-12H,13-17H2,1-3H3,(H,25,28). The molecular formula is C24H29N3O2. The van der Waals surface area contributed by atoms with Crippen LogP contribution in [0.15, 0.2) is 59.8 Å². The number of carbonyl (C=O) groups is 1. The van der Waals surface area contributed by atoms with E-state index in [9.17, 15) is 4.79 Å². The number of hydrogen-bond donors (Lipinski definition) is 1. The van der Waals surface area contributed by atoms with E-state index in [4.69, 9.17) is 4.84 Å². The molecule has 1 saturated heterocycles. The van der Waals surface area contributed by atoms with Gasteiger partial charge in [-0.15, -0.1) is 0 Å². The summed E-state index contributed by atoms with van der Waals surface area (Å²) in [5.74, 6) is 0. The summed E-state index contributed by atoms with van der Waals surface area (Å²) < 4.78 is 0. The van der Waals surface area contributed by atoms with Crippen LogP contribution in [-0.4, -0.2) is 35.3 Å². The van der Waals surface area contributed by atoms with Crippen LogP contribution in [0.25, 0.3) is 0 Å². The lowest BCUT2D eigenvalue weighted by molar-refractivity contribution is -0.0544.